The standard InChI is InChI=1S/C7H12N4O3S/c12-15(13,7-1-2-8-9-7)10-11-3-5-14-6-4-11/h1-2,10H,3-6H2,(H,8,9). The average molecular weight is 232 g/mol. The van der Waals surface area contributed by atoms with Crippen LogP contribution in [0, 0.1) is 0 Å². The number of nitrogens with one attached hydrogen (secondary N) is 2. The number of aromatic amines is 1. The van der Waals surface area contributed by atoms with Gasteiger partial charge in [0.2, 0.25) is 0 Å². The van der Waals surface area contributed by atoms with Crippen LogP contribution in [0.2, 0.25) is 0 Å². The van der Waals surface area contributed by atoms with Gasteiger partial charge in [-0.1, -0.05) is 0 Å². The van der Waals surface area contributed by atoms with E-state index in [1.165, 1.54) is 12.3 Å². The number of sulfonamides is 1. The lowest BCUT2D eigenvalue weighted by molar-refractivity contribution is 0.0272. The summed E-state index contributed by atoms with van der Waals surface area (Å²) < 4.78 is 28.5. The van der Waals surface area contributed by atoms with E-state index in [0.717, 1.165) is 0 Å². The second-order valence-electron chi connectivity index (χ2n) is 3.12. The van der Waals surface area contributed by atoms with Crippen molar-refractivity contribution >= 4 is 10.0 Å². The van der Waals surface area contributed by atoms with Gasteiger partial charge in [-0.3, -0.25) is 5.10 Å². The summed E-state index contributed by atoms with van der Waals surface area (Å²) in [5, 5.41) is 7.68. The molecule has 8 heteroatoms. The number of morpholine rings is 1. The van der Waals surface area contributed by atoms with Gasteiger partial charge in [-0.15, -0.1) is 4.83 Å². The summed E-state index contributed by atoms with van der Waals surface area (Å²) in [6, 6.07) is 1.41. The van der Waals surface area contributed by atoms with E-state index >= 15 is 0 Å². The van der Waals surface area contributed by atoms with Gasteiger partial charge in [0.1, 0.15) is 0 Å². The van der Waals surface area contributed by atoms with Gasteiger partial charge in [0.25, 0.3) is 10.0 Å². The maximum absolute atomic E-state index is 11.7. The van der Waals surface area contributed by atoms with Crippen LogP contribution in [0.1, 0.15) is 0 Å². The minimum absolute atomic E-state index is 0.0639. The zero-order chi connectivity index (χ0) is 10.7. The second-order valence-corrected chi connectivity index (χ2v) is 4.74. The van der Waals surface area contributed by atoms with Crippen LogP contribution in [-0.4, -0.2) is 49.9 Å². The first-order valence-electron chi connectivity index (χ1n) is 4.53. The SMILES string of the molecule is O=S(=O)(NN1CCOCC1)c1ccn[nH]1. The molecule has 2 rings (SSSR count). The minimum Gasteiger partial charge on any atom is -0.379 e. The van der Waals surface area contributed by atoms with Gasteiger partial charge in [0.05, 0.1) is 19.4 Å². The molecule has 7 nitrogen and oxygen atoms in total. The highest BCUT2D eigenvalue weighted by atomic mass is 32.2. The van der Waals surface area contributed by atoms with E-state index < -0.39 is 10.0 Å². The van der Waals surface area contributed by atoms with Crippen LogP contribution in [0.15, 0.2) is 17.3 Å². The van der Waals surface area contributed by atoms with Gasteiger partial charge in [0, 0.05) is 13.1 Å². The van der Waals surface area contributed by atoms with E-state index in [4.69, 9.17) is 4.74 Å². The molecule has 15 heavy (non-hydrogen) atoms. The molecule has 1 aromatic heterocycles. The zero-order valence-electron chi connectivity index (χ0n) is 8.01. The Bertz CT molecular complexity index is 396. The Hall–Kier alpha value is -0.960. The molecule has 0 bridgehead atoms. The van der Waals surface area contributed by atoms with E-state index in [9.17, 15) is 8.42 Å². The fourth-order valence-electron chi connectivity index (χ4n) is 1.27. The molecule has 1 aromatic rings. The van der Waals surface area contributed by atoms with Crippen molar-refractivity contribution < 1.29 is 13.2 Å². The van der Waals surface area contributed by atoms with Gasteiger partial charge >= 0.3 is 0 Å². The topological polar surface area (TPSA) is 87.3 Å². The highest BCUT2D eigenvalue weighted by molar-refractivity contribution is 7.89. The predicted molar refractivity (Wildman–Crippen MR) is 51.3 cm³/mol. The van der Waals surface area contributed by atoms with Crippen molar-refractivity contribution in [3.8, 4) is 0 Å². The van der Waals surface area contributed by atoms with Crippen molar-refractivity contribution in [2.45, 2.75) is 5.03 Å². The summed E-state index contributed by atoms with van der Waals surface area (Å²) in [4.78, 5) is 2.45. The number of hydrogen-bond donors (Lipinski definition) is 2. The minimum atomic E-state index is -3.51. The second kappa shape index (κ2) is 4.27. The fourth-order valence-corrected chi connectivity index (χ4v) is 2.30. The zero-order valence-corrected chi connectivity index (χ0v) is 8.83. The average Bonchev–Trinajstić information content (AvgIpc) is 2.71. The molecule has 84 valence electrons. The Morgan fingerprint density at radius 2 is 2.20 bits per heavy atom. The molecule has 0 unspecified atom stereocenters. The molecule has 0 radical (unpaired) electrons. The van der Waals surface area contributed by atoms with Crippen molar-refractivity contribution in [1.82, 2.24) is 20.0 Å². The van der Waals surface area contributed by atoms with Gasteiger partial charge in [0.15, 0.2) is 5.03 Å². The Labute approximate surface area is 87.4 Å². The third-order valence-electron chi connectivity index (χ3n) is 2.03. The van der Waals surface area contributed by atoms with Crippen LogP contribution in [0.25, 0.3) is 0 Å². The maximum atomic E-state index is 11.7. The molecule has 0 aliphatic carbocycles. The monoisotopic (exact) mass is 232 g/mol. The molecule has 1 fully saturated rings. The van der Waals surface area contributed by atoms with Crippen LogP contribution in [0.5, 0.6) is 0 Å². The Morgan fingerprint density at radius 3 is 2.80 bits per heavy atom. The molecule has 1 saturated heterocycles. The number of ether oxygens (including phenoxy) is 1. The molecule has 0 aromatic carbocycles. The highest BCUT2D eigenvalue weighted by Gasteiger charge is 2.20. The number of H-pyrrole nitrogens is 1. The van der Waals surface area contributed by atoms with Gasteiger partial charge < -0.3 is 4.74 Å². The molecule has 0 saturated carbocycles. The number of aromatic nitrogens is 2. The van der Waals surface area contributed by atoms with Gasteiger partial charge in [-0.05, 0) is 6.07 Å². The molecule has 1 aliphatic heterocycles. The number of hydrazine groups is 1. The van der Waals surface area contributed by atoms with Crippen LogP contribution in [0.3, 0.4) is 0 Å². The molecule has 0 atom stereocenters. The lowest BCUT2D eigenvalue weighted by Gasteiger charge is -2.26. The summed E-state index contributed by atoms with van der Waals surface area (Å²) in [5.74, 6) is 0. The number of rotatable bonds is 3. The largest absolute Gasteiger partial charge is 0.379 e. The van der Waals surface area contributed by atoms with Crippen LogP contribution < -0.4 is 4.83 Å². The van der Waals surface area contributed by atoms with Crippen molar-refractivity contribution in [1.29, 1.82) is 0 Å². The van der Waals surface area contributed by atoms with Crippen molar-refractivity contribution in [3.63, 3.8) is 0 Å². The normalized spacial score (nSPS) is 19.2. The third kappa shape index (κ3) is 2.53. The summed E-state index contributed by atoms with van der Waals surface area (Å²) >= 11 is 0. The van der Waals surface area contributed by atoms with Crippen molar-refractivity contribution in [2.24, 2.45) is 0 Å². The lowest BCUT2D eigenvalue weighted by Crippen LogP contribution is -2.48. The Kier molecular flexibility index (Phi) is 3.00. The summed E-state index contributed by atoms with van der Waals surface area (Å²) in [5.41, 5.74) is 0. The van der Waals surface area contributed by atoms with E-state index in [2.05, 4.69) is 15.0 Å². The lowest BCUT2D eigenvalue weighted by atomic mass is 10.5. The molecular formula is C7H12N4O3S. The first-order valence-corrected chi connectivity index (χ1v) is 6.01. The summed E-state index contributed by atoms with van der Waals surface area (Å²) in [7, 11) is -3.51. The Morgan fingerprint density at radius 1 is 1.47 bits per heavy atom. The van der Waals surface area contributed by atoms with E-state index in [1.807, 2.05) is 0 Å². The van der Waals surface area contributed by atoms with E-state index in [0.29, 0.717) is 26.3 Å². The predicted octanol–water partition coefficient (Wildman–Crippen LogP) is -1.06. The van der Waals surface area contributed by atoms with Crippen molar-refractivity contribution in [2.75, 3.05) is 26.3 Å². The molecule has 0 spiro atoms. The third-order valence-corrected chi connectivity index (χ3v) is 3.33. The maximum Gasteiger partial charge on any atom is 0.270 e. The van der Waals surface area contributed by atoms with E-state index in [-0.39, 0.29) is 5.03 Å². The first-order chi connectivity index (χ1) is 7.18. The molecule has 0 amide bonds. The smallest absolute Gasteiger partial charge is 0.270 e. The van der Waals surface area contributed by atoms with Crippen LogP contribution in [-0.2, 0) is 14.8 Å². The first kappa shape index (κ1) is 10.6. The summed E-state index contributed by atoms with van der Waals surface area (Å²) in [6.07, 6.45) is 1.40. The Balaban J connectivity index is 2.04. The van der Waals surface area contributed by atoms with Crippen LogP contribution in [0.4, 0.5) is 0 Å². The summed E-state index contributed by atoms with van der Waals surface area (Å²) in [6.45, 7) is 2.16. The van der Waals surface area contributed by atoms with Crippen LogP contribution >= 0.6 is 0 Å². The molecule has 1 aliphatic rings. The highest BCUT2D eigenvalue weighted by Crippen LogP contribution is 2.04. The number of hydrogen-bond acceptors (Lipinski definition) is 5. The van der Waals surface area contributed by atoms with Gasteiger partial charge in [-0.25, -0.2) is 13.4 Å². The number of nitrogens with zero attached hydrogens (tertiary/aromatic N) is 2. The molecule has 2 heterocycles. The fraction of sp³-hybridized carbons (Fsp3) is 0.571. The molecular weight excluding hydrogens is 220 g/mol. The quantitative estimate of drug-likeness (QED) is 0.693. The van der Waals surface area contributed by atoms with Gasteiger partial charge in [-0.2, -0.15) is 5.10 Å². The molecule has 2 N–H and O–H groups in total. The van der Waals surface area contributed by atoms with E-state index in [1.54, 1.807) is 5.01 Å². The van der Waals surface area contributed by atoms with Crippen molar-refractivity contribution in [3.05, 3.63) is 12.3 Å².